The molecule has 5 rings (SSSR count). The Morgan fingerprint density at radius 2 is 1.83 bits per heavy atom. The largest absolute Gasteiger partial charge is 0.336 e. The van der Waals surface area contributed by atoms with Crippen molar-refractivity contribution in [2.24, 2.45) is 0 Å². The normalized spacial score (nSPS) is 15.1. The van der Waals surface area contributed by atoms with E-state index in [4.69, 9.17) is 4.52 Å². The molecule has 0 unspecified atom stereocenters. The number of carbonyl (C=O) groups is 1. The van der Waals surface area contributed by atoms with Gasteiger partial charge in [0.15, 0.2) is 5.82 Å². The molecule has 1 fully saturated rings. The van der Waals surface area contributed by atoms with Crippen LogP contribution in [0.25, 0.3) is 21.5 Å². The van der Waals surface area contributed by atoms with Gasteiger partial charge in [-0.05, 0) is 28.3 Å². The Morgan fingerprint density at radius 3 is 2.66 bits per heavy atom. The number of thiophene rings is 1. The molecule has 0 aliphatic carbocycles. The van der Waals surface area contributed by atoms with Crippen LogP contribution in [-0.4, -0.2) is 52.0 Å². The van der Waals surface area contributed by atoms with E-state index in [1.54, 1.807) is 11.3 Å². The van der Waals surface area contributed by atoms with Crippen LogP contribution >= 0.6 is 11.3 Å². The smallest absolute Gasteiger partial charge is 0.268 e. The summed E-state index contributed by atoms with van der Waals surface area (Å²) in [4.78, 5) is 22.8. The van der Waals surface area contributed by atoms with E-state index in [2.05, 4.69) is 15.0 Å². The molecule has 1 saturated heterocycles. The number of hydrogen-bond acceptors (Lipinski definition) is 6. The number of rotatable bonds is 4. The topological polar surface area (TPSA) is 62.5 Å². The van der Waals surface area contributed by atoms with E-state index in [1.807, 2.05) is 64.9 Å². The first-order valence-corrected chi connectivity index (χ1v) is 10.5. The van der Waals surface area contributed by atoms with E-state index < -0.39 is 0 Å². The molecule has 0 N–H and O–H groups in total. The molecule has 0 atom stereocenters. The number of nitrogens with zero attached hydrogens (tertiary/aromatic N) is 4. The van der Waals surface area contributed by atoms with Crippen LogP contribution in [0.1, 0.15) is 16.2 Å². The Morgan fingerprint density at radius 1 is 1.00 bits per heavy atom. The SMILES string of the molecule is O=C(c1cccc2ccccc12)N1CCN(Cc2noc(-c3cccs3)n2)CC1. The van der Waals surface area contributed by atoms with Crippen molar-refractivity contribution in [3.63, 3.8) is 0 Å². The first kappa shape index (κ1) is 18.0. The Kier molecular flexibility index (Phi) is 4.83. The van der Waals surface area contributed by atoms with Gasteiger partial charge in [-0.15, -0.1) is 11.3 Å². The summed E-state index contributed by atoms with van der Waals surface area (Å²) < 4.78 is 5.37. The maximum Gasteiger partial charge on any atom is 0.268 e. The standard InChI is InChI=1S/C22H20N4O2S/c27-22(18-8-3-6-16-5-1-2-7-17(16)18)26-12-10-25(11-13-26)15-20-23-21(28-24-20)19-9-4-14-29-19/h1-9,14H,10-13,15H2. The van der Waals surface area contributed by atoms with E-state index >= 15 is 0 Å². The van der Waals surface area contributed by atoms with Crippen LogP contribution in [0.3, 0.4) is 0 Å². The van der Waals surface area contributed by atoms with Gasteiger partial charge in [-0.3, -0.25) is 9.69 Å². The molecule has 1 amide bonds. The summed E-state index contributed by atoms with van der Waals surface area (Å²) >= 11 is 1.58. The predicted octanol–water partition coefficient (Wildman–Crippen LogP) is 3.91. The highest BCUT2D eigenvalue weighted by Gasteiger charge is 2.24. The zero-order valence-electron chi connectivity index (χ0n) is 15.8. The van der Waals surface area contributed by atoms with Gasteiger partial charge in [-0.1, -0.05) is 47.6 Å². The molecule has 4 aromatic rings. The molecule has 146 valence electrons. The highest BCUT2D eigenvalue weighted by molar-refractivity contribution is 7.13. The minimum Gasteiger partial charge on any atom is -0.336 e. The van der Waals surface area contributed by atoms with Gasteiger partial charge in [-0.2, -0.15) is 4.98 Å². The van der Waals surface area contributed by atoms with E-state index in [0.717, 1.165) is 34.3 Å². The molecule has 0 bridgehead atoms. The second-order valence-electron chi connectivity index (χ2n) is 7.09. The van der Waals surface area contributed by atoms with E-state index in [1.165, 1.54) is 0 Å². The van der Waals surface area contributed by atoms with Crippen molar-refractivity contribution >= 4 is 28.0 Å². The van der Waals surface area contributed by atoms with Crippen LogP contribution in [0.5, 0.6) is 0 Å². The Bertz CT molecular complexity index is 1130. The van der Waals surface area contributed by atoms with Crippen molar-refractivity contribution in [3.8, 4) is 10.8 Å². The van der Waals surface area contributed by atoms with Crippen LogP contribution in [0, 0.1) is 0 Å². The second-order valence-corrected chi connectivity index (χ2v) is 8.04. The molecule has 1 aliphatic heterocycles. The predicted molar refractivity (Wildman–Crippen MR) is 113 cm³/mol. The molecule has 0 saturated carbocycles. The molecule has 6 nitrogen and oxygen atoms in total. The number of amides is 1. The Balaban J connectivity index is 1.23. The number of hydrogen-bond donors (Lipinski definition) is 0. The highest BCUT2D eigenvalue weighted by Crippen LogP contribution is 2.23. The van der Waals surface area contributed by atoms with E-state index in [-0.39, 0.29) is 5.91 Å². The number of benzene rings is 2. The van der Waals surface area contributed by atoms with Gasteiger partial charge in [0, 0.05) is 31.7 Å². The molecule has 1 aliphatic rings. The van der Waals surface area contributed by atoms with Crippen LogP contribution in [-0.2, 0) is 6.54 Å². The maximum atomic E-state index is 13.1. The fourth-order valence-electron chi connectivity index (χ4n) is 3.71. The van der Waals surface area contributed by atoms with Gasteiger partial charge in [0.2, 0.25) is 0 Å². The van der Waals surface area contributed by atoms with Crippen LogP contribution in [0.2, 0.25) is 0 Å². The van der Waals surface area contributed by atoms with Crippen molar-refractivity contribution in [1.29, 1.82) is 0 Å². The number of carbonyl (C=O) groups excluding carboxylic acids is 1. The van der Waals surface area contributed by atoms with Gasteiger partial charge in [0.1, 0.15) is 0 Å². The fraction of sp³-hybridized carbons (Fsp3) is 0.227. The molecule has 2 aromatic carbocycles. The first-order chi connectivity index (χ1) is 14.3. The van der Waals surface area contributed by atoms with E-state index in [9.17, 15) is 4.79 Å². The summed E-state index contributed by atoms with van der Waals surface area (Å²) in [5, 5.41) is 8.19. The van der Waals surface area contributed by atoms with Crippen LogP contribution in [0.15, 0.2) is 64.5 Å². The van der Waals surface area contributed by atoms with Gasteiger partial charge in [-0.25, -0.2) is 0 Å². The maximum absolute atomic E-state index is 13.1. The lowest BCUT2D eigenvalue weighted by molar-refractivity contribution is 0.0626. The summed E-state index contributed by atoms with van der Waals surface area (Å²) in [6.45, 7) is 3.60. The minimum absolute atomic E-state index is 0.0981. The van der Waals surface area contributed by atoms with Crippen LogP contribution < -0.4 is 0 Å². The summed E-state index contributed by atoms with van der Waals surface area (Å²) in [7, 11) is 0. The van der Waals surface area contributed by atoms with Gasteiger partial charge in [0.25, 0.3) is 11.8 Å². The lowest BCUT2D eigenvalue weighted by Crippen LogP contribution is -2.48. The molecule has 0 radical (unpaired) electrons. The Hall–Kier alpha value is -3.03. The van der Waals surface area contributed by atoms with Crippen molar-refractivity contribution in [2.45, 2.75) is 6.54 Å². The summed E-state index contributed by atoms with van der Waals surface area (Å²) in [6, 6.07) is 17.9. The third kappa shape index (κ3) is 3.66. The Labute approximate surface area is 172 Å². The molecule has 3 heterocycles. The van der Waals surface area contributed by atoms with Gasteiger partial charge < -0.3 is 9.42 Å². The molecular formula is C22H20N4O2S. The van der Waals surface area contributed by atoms with Crippen molar-refractivity contribution in [3.05, 3.63) is 71.4 Å². The average Bonchev–Trinajstić information content (AvgIpc) is 3.45. The zero-order valence-corrected chi connectivity index (χ0v) is 16.6. The summed E-state index contributed by atoms with van der Waals surface area (Å²) in [5.41, 5.74) is 0.773. The molecule has 2 aromatic heterocycles. The van der Waals surface area contributed by atoms with Gasteiger partial charge in [0.05, 0.1) is 11.4 Å². The molecule has 0 spiro atoms. The van der Waals surface area contributed by atoms with Gasteiger partial charge >= 0.3 is 0 Å². The summed E-state index contributed by atoms with van der Waals surface area (Å²) in [6.07, 6.45) is 0. The lowest BCUT2D eigenvalue weighted by Gasteiger charge is -2.34. The van der Waals surface area contributed by atoms with Crippen molar-refractivity contribution in [2.75, 3.05) is 26.2 Å². The number of fused-ring (bicyclic) bond motifs is 1. The fourth-order valence-corrected chi connectivity index (χ4v) is 4.35. The monoisotopic (exact) mass is 404 g/mol. The highest BCUT2D eigenvalue weighted by atomic mass is 32.1. The zero-order chi connectivity index (χ0) is 19.6. The second kappa shape index (κ2) is 7.77. The third-order valence-electron chi connectivity index (χ3n) is 5.24. The quantitative estimate of drug-likeness (QED) is 0.516. The van der Waals surface area contributed by atoms with Crippen molar-refractivity contribution < 1.29 is 9.32 Å². The van der Waals surface area contributed by atoms with Crippen molar-refractivity contribution in [1.82, 2.24) is 19.9 Å². The first-order valence-electron chi connectivity index (χ1n) is 9.64. The summed E-state index contributed by atoms with van der Waals surface area (Å²) in [5.74, 6) is 1.35. The van der Waals surface area contributed by atoms with Crippen LogP contribution in [0.4, 0.5) is 0 Å². The average molecular weight is 404 g/mol. The third-order valence-corrected chi connectivity index (χ3v) is 6.10. The number of piperazine rings is 1. The molecule has 7 heteroatoms. The minimum atomic E-state index is 0.0981. The molecule has 29 heavy (non-hydrogen) atoms. The molecular weight excluding hydrogens is 384 g/mol. The number of aromatic nitrogens is 2. The lowest BCUT2D eigenvalue weighted by atomic mass is 10.0. The van der Waals surface area contributed by atoms with E-state index in [0.29, 0.717) is 31.3 Å².